The Morgan fingerprint density at radius 1 is 1.47 bits per heavy atom. The fourth-order valence-corrected chi connectivity index (χ4v) is 4.78. The molecular formula is C14H17BrClNOS. The molecule has 0 aliphatic carbocycles. The Kier molecular flexibility index (Phi) is 4.32. The van der Waals surface area contributed by atoms with Crippen LogP contribution in [-0.4, -0.2) is 29.8 Å². The van der Waals surface area contributed by atoms with E-state index >= 15 is 0 Å². The van der Waals surface area contributed by atoms with Crippen LogP contribution in [0, 0.1) is 0 Å². The molecule has 3 rings (SSSR count). The lowest BCUT2D eigenvalue weighted by Gasteiger charge is -2.38. The van der Waals surface area contributed by atoms with Gasteiger partial charge in [0.1, 0.15) is 0 Å². The van der Waals surface area contributed by atoms with Crippen molar-refractivity contribution in [3.8, 4) is 0 Å². The summed E-state index contributed by atoms with van der Waals surface area (Å²) in [7, 11) is 0. The maximum absolute atomic E-state index is 6.14. The predicted molar refractivity (Wildman–Crippen MR) is 86.4 cm³/mol. The molecule has 2 aliphatic rings. The summed E-state index contributed by atoms with van der Waals surface area (Å²) >= 11 is 11.7. The summed E-state index contributed by atoms with van der Waals surface area (Å²) in [5, 5.41) is 4.37. The molecular weight excluding hydrogens is 346 g/mol. The van der Waals surface area contributed by atoms with Crippen LogP contribution in [0.25, 0.3) is 0 Å². The maximum atomic E-state index is 6.14. The van der Waals surface area contributed by atoms with Crippen LogP contribution < -0.4 is 5.32 Å². The second-order valence-electron chi connectivity index (χ2n) is 5.27. The number of benzene rings is 1. The average Bonchev–Trinajstić information content (AvgIpc) is 2.83. The third-order valence-electron chi connectivity index (χ3n) is 3.87. The van der Waals surface area contributed by atoms with Gasteiger partial charge in [-0.05, 0) is 53.1 Å². The molecule has 0 radical (unpaired) electrons. The van der Waals surface area contributed by atoms with Gasteiger partial charge in [-0.25, -0.2) is 0 Å². The molecule has 2 atom stereocenters. The first-order valence-electron chi connectivity index (χ1n) is 6.61. The molecule has 0 saturated carbocycles. The Balaban J connectivity index is 1.71. The van der Waals surface area contributed by atoms with Gasteiger partial charge in [-0.3, -0.25) is 0 Å². The van der Waals surface area contributed by atoms with Crippen molar-refractivity contribution in [2.75, 3.05) is 23.4 Å². The van der Waals surface area contributed by atoms with Crippen molar-refractivity contribution in [3.63, 3.8) is 0 Å². The lowest BCUT2D eigenvalue weighted by molar-refractivity contribution is -0.0628. The summed E-state index contributed by atoms with van der Waals surface area (Å²) in [6.45, 7) is 0.858. The first kappa shape index (κ1) is 14.1. The summed E-state index contributed by atoms with van der Waals surface area (Å²) in [5.74, 6) is 2.37. The van der Waals surface area contributed by atoms with Crippen molar-refractivity contribution in [1.82, 2.24) is 0 Å². The molecule has 0 bridgehead atoms. The van der Waals surface area contributed by atoms with Crippen molar-refractivity contribution < 1.29 is 4.74 Å². The highest BCUT2D eigenvalue weighted by Gasteiger charge is 2.40. The highest BCUT2D eigenvalue weighted by Crippen LogP contribution is 2.40. The molecule has 1 aromatic carbocycles. The van der Waals surface area contributed by atoms with E-state index in [-0.39, 0.29) is 5.60 Å². The van der Waals surface area contributed by atoms with Gasteiger partial charge in [-0.2, -0.15) is 11.8 Å². The van der Waals surface area contributed by atoms with E-state index in [2.05, 4.69) is 27.3 Å². The molecule has 2 nitrogen and oxygen atoms in total. The van der Waals surface area contributed by atoms with Crippen LogP contribution in [0.1, 0.15) is 19.3 Å². The summed E-state index contributed by atoms with van der Waals surface area (Å²) in [5.41, 5.74) is 1.20. The number of hydrogen-bond acceptors (Lipinski definition) is 3. The molecule has 0 amide bonds. The van der Waals surface area contributed by atoms with Gasteiger partial charge in [0, 0.05) is 18.4 Å². The summed E-state index contributed by atoms with van der Waals surface area (Å²) in [4.78, 5) is 0. The molecule has 2 unspecified atom stereocenters. The number of ether oxygens (including phenoxy) is 1. The molecule has 2 heterocycles. The molecule has 2 fully saturated rings. The van der Waals surface area contributed by atoms with Crippen molar-refractivity contribution in [3.05, 3.63) is 27.7 Å². The van der Waals surface area contributed by atoms with Gasteiger partial charge in [0.25, 0.3) is 0 Å². The Bertz CT molecular complexity index is 465. The highest BCUT2D eigenvalue weighted by molar-refractivity contribution is 9.10. The third-order valence-corrected chi connectivity index (χ3v) is 6.49. The van der Waals surface area contributed by atoms with Crippen LogP contribution in [0.3, 0.4) is 0 Å². The molecule has 0 aromatic heterocycles. The number of thioether (sulfide) groups is 1. The minimum absolute atomic E-state index is 0.117. The highest BCUT2D eigenvalue weighted by atomic mass is 79.9. The van der Waals surface area contributed by atoms with E-state index in [0.717, 1.165) is 40.4 Å². The number of nitrogens with one attached hydrogen (secondary N) is 1. The van der Waals surface area contributed by atoms with Crippen molar-refractivity contribution >= 4 is 45.0 Å². The van der Waals surface area contributed by atoms with E-state index in [1.807, 2.05) is 23.9 Å². The molecule has 1 spiro atoms. The largest absolute Gasteiger partial charge is 0.381 e. The Morgan fingerprint density at radius 3 is 3.16 bits per heavy atom. The lowest BCUT2D eigenvalue weighted by atomic mass is 9.90. The standard InChI is InChI=1S/C14H17BrClNOS/c15-13-11(16)2-1-3-12(13)17-10-4-6-18-14(8-10)5-7-19-9-14/h1-3,10,17H,4-9H2. The smallest absolute Gasteiger partial charge is 0.0799 e. The second-order valence-corrected chi connectivity index (χ2v) is 7.57. The van der Waals surface area contributed by atoms with Crippen molar-refractivity contribution in [2.45, 2.75) is 30.9 Å². The van der Waals surface area contributed by atoms with E-state index in [4.69, 9.17) is 16.3 Å². The van der Waals surface area contributed by atoms with Gasteiger partial charge in [0.05, 0.1) is 20.8 Å². The van der Waals surface area contributed by atoms with Gasteiger partial charge in [-0.15, -0.1) is 0 Å². The predicted octanol–water partition coefficient (Wildman–Crippen LogP) is 4.57. The van der Waals surface area contributed by atoms with Crippen molar-refractivity contribution in [1.29, 1.82) is 0 Å². The zero-order chi connectivity index (χ0) is 13.3. The van der Waals surface area contributed by atoms with Crippen LogP contribution in [0.2, 0.25) is 5.02 Å². The molecule has 2 aliphatic heterocycles. The maximum Gasteiger partial charge on any atom is 0.0799 e. The topological polar surface area (TPSA) is 21.3 Å². The minimum Gasteiger partial charge on any atom is -0.381 e. The quantitative estimate of drug-likeness (QED) is 0.832. The van der Waals surface area contributed by atoms with Crippen LogP contribution in [-0.2, 0) is 4.74 Å². The fourth-order valence-electron chi connectivity index (χ4n) is 2.85. The number of hydrogen-bond donors (Lipinski definition) is 1. The zero-order valence-electron chi connectivity index (χ0n) is 10.6. The summed E-state index contributed by atoms with van der Waals surface area (Å²) in [6.07, 6.45) is 3.34. The SMILES string of the molecule is Clc1cccc(NC2CCOC3(CCSC3)C2)c1Br. The van der Waals surface area contributed by atoms with E-state index in [0.29, 0.717) is 6.04 Å². The average molecular weight is 363 g/mol. The van der Waals surface area contributed by atoms with Gasteiger partial charge >= 0.3 is 0 Å². The normalized spacial score (nSPS) is 30.7. The van der Waals surface area contributed by atoms with Gasteiger partial charge < -0.3 is 10.1 Å². The van der Waals surface area contributed by atoms with Gasteiger partial charge in [-0.1, -0.05) is 17.7 Å². The van der Waals surface area contributed by atoms with E-state index in [9.17, 15) is 0 Å². The first-order chi connectivity index (χ1) is 9.19. The molecule has 2 saturated heterocycles. The second kappa shape index (κ2) is 5.84. The van der Waals surface area contributed by atoms with E-state index in [1.165, 1.54) is 12.2 Å². The summed E-state index contributed by atoms with van der Waals surface area (Å²) < 4.78 is 7.01. The van der Waals surface area contributed by atoms with Crippen molar-refractivity contribution in [2.24, 2.45) is 0 Å². The fraction of sp³-hybridized carbons (Fsp3) is 0.571. The third kappa shape index (κ3) is 3.07. The first-order valence-corrected chi connectivity index (χ1v) is 8.93. The number of anilines is 1. The van der Waals surface area contributed by atoms with Crippen LogP contribution >= 0.6 is 39.3 Å². The molecule has 104 valence electrons. The van der Waals surface area contributed by atoms with Crippen LogP contribution in [0.4, 0.5) is 5.69 Å². The van der Waals surface area contributed by atoms with Crippen LogP contribution in [0.15, 0.2) is 22.7 Å². The zero-order valence-corrected chi connectivity index (χ0v) is 13.8. The molecule has 19 heavy (non-hydrogen) atoms. The molecule has 1 N–H and O–H groups in total. The monoisotopic (exact) mass is 361 g/mol. The molecule has 1 aromatic rings. The molecule has 5 heteroatoms. The van der Waals surface area contributed by atoms with Crippen LogP contribution in [0.5, 0.6) is 0 Å². The Morgan fingerprint density at radius 2 is 2.37 bits per heavy atom. The Hall–Kier alpha value is 0.1000. The van der Waals surface area contributed by atoms with Gasteiger partial charge in [0.15, 0.2) is 0 Å². The lowest BCUT2D eigenvalue weighted by Crippen LogP contribution is -2.44. The van der Waals surface area contributed by atoms with E-state index < -0.39 is 0 Å². The number of rotatable bonds is 2. The summed E-state index contributed by atoms with van der Waals surface area (Å²) in [6, 6.07) is 6.43. The van der Waals surface area contributed by atoms with E-state index in [1.54, 1.807) is 0 Å². The van der Waals surface area contributed by atoms with Gasteiger partial charge in [0.2, 0.25) is 0 Å². The Labute approximate surface area is 131 Å². The minimum atomic E-state index is 0.117. The number of halogens is 2.